The third-order valence-electron chi connectivity index (χ3n) is 3.11. The van der Waals surface area contributed by atoms with Crippen LogP contribution in [-0.4, -0.2) is 5.21 Å². The summed E-state index contributed by atoms with van der Waals surface area (Å²) in [5.74, 6) is 0.483. The van der Waals surface area contributed by atoms with E-state index in [1.807, 2.05) is 6.07 Å². The maximum atomic E-state index is 8.81. The van der Waals surface area contributed by atoms with Gasteiger partial charge in [0.25, 0.3) is 0 Å². The van der Waals surface area contributed by atoms with Crippen molar-refractivity contribution in [1.29, 1.82) is 0 Å². The van der Waals surface area contributed by atoms with E-state index in [0.717, 1.165) is 5.56 Å². The van der Waals surface area contributed by atoms with E-state index in [-0.39, 0.29) is 0 Å². The van der Waals surface area contributed by atoms with E-state index in [1.165, 1.54) is 16.7 Å². The van der Waals surface area contributed by atoms with Gasteiger partial charge in [0.15, 0.2) is 0 Å². The predicted molar refractivity (Wildman–Crippen MR) is 74.6 cm³/mol. The van der Waals surface area contributed by atoms with Crippen molar-refractivity contribution in [3.05, 3.63) is 59.7 Å². The average Bonchev–Trinajstić information content (AvgIpc) is 2.40. The summed E-state index contributed by atoms with van der Waals surface area (Å²) in [7, 11) is 0. The van der Waals surface area contributed by atoms with Gasteiger partial charge in [-0.1, -0.05) is 56.3 Å². The molecule has 0 aliphatic carbocycles. The summed E-state index contributed by atoms with van der Waals surface area (Å²) < 4.78 is 0. The molecule has 0 bridgehead atoms. The molecule has 0 spiro atoms. The number of hydrogen-bond acceptors (Lipinski definition) is 2. The van der Waals surface area contributed by atoms with Gasteiger partial charge in [-0.15, -0.1) is 0 Å². The zero-order valence-electron chi connectivity index (χ0n) is 10.9. The van der Waals surface area contributed by atoms with Crippen LogP contribution < -0.4 is 5.48 Å². The van der Waals surface area contributed by atoms with Gasteiger partial charge < -0.3 is 5.21 Å². The summed E-state index contributed by atoms with van der Waals surface area (Å²) >= 11 is 0. The number of benzene rings is 2. The third-order valence-corrected chi connectivity index (χ3v) is 3.11. The monoisotopic (exact) mass is 241 g/mol. The smallest absolute Gasteiger partial charge is 0.0458 e. The van der Waals surface area contributed by atoms with Crippen molar-refractivity contribution in [2.75, 3.05) is 0 Å². The average molecular weight is 241 g/mol. The molecule has 0 aliphatic heterocycles. The molecule has 0 saturated heterocycles. The molecule has 2 aromatic rings. The van der Waals surface area contributed by atoms with Crippen LogP contribution in [0.4, 0.5) is 0 Å². The van der Waals surface area contributed by atoms with Gasteiger partial charge in [-0.05, 0) is 34.2 Å². The fraction of sp³-hybridized carbons (Fsp3) is 0.250. The van der Waals surface area contributed by atoms with Gasteiger partial charge in [-0.25, -0.2) is 5.48 Å². The molecule has 0 saturated carbocycles. The Hall–Kier alpha value is -1.64. The summed E-state index contributed by atoms with van der Waals surface area (Å²) in [6, 6.07) is 16.7. The summed E-state index contributed by atoms with van der Waals surface area (Å²) in [5, 5.41) is 8.81. The zero-order chi connectivity index (χ0) is 13.0. The van der Waals surface area contributed by atoms with Crippen LogP contribution in [0.3, 0.4) is 0 Å². The molecule has 0 fully saturated rings. The van der Waals surface area contributed by atoms with Gasteiger partial charge in [0, 0.05) is 6.54 Å². The topological polar surface area (TPSA) is 32.3 Å². The lowest BCUT2D eigenvalue weighted by atomic mass is 9.91. The minimum atomic E-state index is 0.470. The molecule has 0 amide bonds. The molecule has 0 aromatic heterocycles. The standard InChI is InChI=1S/C16H19NO/c1-12(2)15-9-8-13(11-17-18)10-16(15)14-6-4-3-5-7-14/h3-10,12,17-18H,11H2,1-2H3. The Morgan fingerprint density at radius 2 is 1.78 bits per heavy atom. The van der Waals surface area contributed by atoms with Crippen molar-refractivity contribution < 1.29 is 5.21 Å². The summed E-state index contributed by atoms with van der Waals surface area (Å²) in [5.41, 5.74) is 7.10. The Kier molecular flexibility index (Phi) is 4.13. The van der Waals surface area contributed by atoms with E-state index in [1.54, 1.807) is 0 Å². The molecule has 94 valence electrons. The first-order chi connectivity index (χ1) is 8.72. The van der Waals surface area contributed by atoms with Crippen molar-refractivity contribution in [2.24, 2.45) is 0 Å². The highest BCUT2D eigenvalue weighted by molar-refractivity contribution is 5.68. The lowest BCUT2D eigenvalue weighted by Crippen LogP contribution is -2.06. The highest BCUT2D eigenvalue weighted by atomic mass is 16.5. The molecule has 2 N–H and O–H groups in total. The fourth-order valence-corrected chi connectivity index (χ4v) is 2.18. The van der Waals surface area contributed by atoms with E-state index in [4.69, 9.17) is 5.21 Å². The van der Waals surface area contributed by atoms with Crippen LogP contribution in [0.5, 0.6) is 0 Å². The van der Waals surface area contributed by atoms with E-state index in [0.29, 0.717) is 12.5 Å². The molecule has 2 aromatic carbocycles. The van der Waals surface area contributed by atoms with Crippen molar-refractivity contribution in [3.63, 3.8) is 0 Å². The molecule has 0 heterocycles. The molecule has 2 nitrogen and oxygen atoms in total. The molecular formula is C16H19NO. The minimum absolute atomic E-state index is 0.470. The van der Waals surface area contributed by atoms with Crippen molar-refractivity contribution >= 4 is 0 Å². The highest BCUT2D eigenvalue weighted by Gasteiger charge is 2.09. The van der Waals surface area contributed by atoms with Gasteiger partial charge in [-0.3, -0.25) is 0 Å². The number of hydroxylamine groups is 1. The van der Waals surface area contributed by atoms with Crippen molar-refractivity contribution in [3.8, 4) is 11.1 Å². The lowest BCUT2D eigenvalue weighted by molar-refractivity contribution is 0.161. The van der Waals surface area contributed by atoms with Gasteiger partial charge in [0.1, 0.15) is 0 Å². The molecule has 2 rings (SSSR count). The first kappa shape index (κ1) is 12.8. The second kappa shape index (κ2) is 5.80. The number of hydrogen-bond donors (Lipinski definition) is 2. The number of nitrogens with one attached hydrogen (secondary N) is 1. The minimum Gasteiger partial charge on any atom is -0.316 e. The van der Waals surface area contributed by atoms with Crippen LogP contribution in [0.25, 0.3) is 11.1 Å². The predicted octanol–water partition coefficient (Wildman–Crippen LogP) is 3.96. The van der Waals surface area contributed by atoms with E-state index < -0.39 is 0 Å². The maximum absolute atomic E-state index is 8.81. The van der Waals surface area contributed by atoms with E-state index in [9.17, 15) is 0 Å². The molecule has 0 aliphatic rings. The van der Waals surface area contributed by atoms with Gasteiger partial charge in [0.05, 0.1) is 0 Å². The fourth-order valence-electron chi connectivity index (χ4n) is 2.18. The van der Waals surface area contributed by atoms with E-state index >= 15 is 0 Å². The lowest BCUT2D eigenvalue weighted by Gasteiger charge is -2.14. The Morgan fingerprint density at radius 1 is 1.06 bits per heavy atom. The van der Waals surface area contributed by atoms with Crippen LogP contribution in [0.1, 0.15) is 30.9 Å². The van der Waals surface area contributed by atoms with Crippen LogP contribution in [-0.2, 0) is 6.54 Å². The molecular weight excluding hydrogens is 222 g/mol. The molecule has 2 heteroatoms. The molecule has 0 atom stereocenters. The second-order valence-electron chi connectivity index (χ2n) is 4.78. The SMILES string of the molecule is CC(C)c1ccc(CNO)cc1-c1ccccc1. The van der Waals surface area contributed by atoms with Crippen molar-refractivity contribution in [2.45, 2.75) is 26.3 Å². The first-order valence-electron chi connectivity index (χ1n) is 6.27. The quantitative estimate of drug-likeness (QED) is 0.794. The Bertz CT molecular complexity index is 506. The summed E-state index contributed by atoms with van der Waals surface area (Å²) in [6.07, 6.45) is 0. The first-order valence-corrected chi connectivity index (χ1v) is 6.27. The Labute approximate surface area is 108 Å². The Morgan fingerprint density at radius 3 is 2.39 bits per heavy atom. The Balaban J connectivity index is 2.51. The van der Waals surface area contributed by atoms with Crippen molar-refractivity contribution in [1.82, 2.24) is 5.48 Å². The van der Waals surface area contributed by atoms with Gasteiger partial charge in [-0.2, -0.15) is 0 Å². The largest absolute Gasteiger partial charge is 0.316 e. The second-order valence-corrected chi connectivity index (χ2v) is 4.78. The highest BCUT2D eigenvalue weighted by Crippen LogP contribution is 2.30. The summed E-state index contributed by atoms with van der Waals surface area (Å²) in [4.78, 5) is 0. The normalized spacial score (nSPS) is 10.9. The van der Waals surface area contributed by atoms with Crippen LogP contribution in [0.2, 0.25) is 0 Å². The number of rotatable bonds is 4. The molecule has 0 unspecified atom stereocenters. The zero-order valence-corrected chi connectivity index (χ0v) is 10.9. The van der Waals surface area contributed by atoms with Gasteiger partial charge >= 0.3 is 0 Å². The van der Waals surface area contributed by atoms with Gasteiger partial charge in [0.2, 0.25) is 0 Å². The molecule has 0 radical (unpaired) electrons. The van der Waals surface area contributed by atoms with Crippen LogP contribution in [0.15, 0.2) is 48.5 Å². The third kappa shape index (κ3) is 2.78. The summed E-state index contributed by atoms with van der Waals surface area (Å²) in [6.45, 7) is 4.87. The van der Waals surface area contributed by atoms with E-state index in [2.05, 4.69) is 61.8 Å². The molecule has 18 heavy (non-hydrogen) atoms. The maximum Gasteiger partial charge on any atom is 0.0458 e. The van der Waals surface area contributed by atoms with Crippen LogP contribution in [0, 0.1) is 0 Å². The van der Waals surface area contributed by atoms with Crippen LogP contribution >= 0.6 is 0 Å².